The van der Waals surface area contributed by atoms with Gasteiger partial charge in [-0.25, -0.2) is 0 Å². The van der Waals surface area contributed by atoms with Crippen LogP contribution in [-0.2, 0) is 0 Å². The summed E-state index contributed by atoms with van der Waals surface area (Å²) in [5.74, 6) is 0.377. The molecule has 1 N–H and O–H groups in total. The predicted octanol–water partition coefficient (Wildman–Crippen LogP) is 5.43. The highest BCUT2D eigenvalue weighted by atomic mass is 32.1. The molecule has 1 nitrogen and oxygen atoms in total. The lowest BCUT2D eigenvalue weighted by Gasteiger charge is -2.11. The van der Waals surface area contributed by atoms with Crippen LogP contribution in [0.5, 0.6) is 5.75 Å². The summed E-state index contributed by atoms with van der Waals surface area (Å²) >= 11 is 1.68. The molecule has 1 heterocycles. The molecule has 1 aromatic heterocycles. The Balaban J connectivity index is 2.24. The highest BCUT2D eigenvalue weighted by Crippen LogP contribution is 2.45. The van der Waals surface area contributed by atoms with E-state index in [0.717, 1.165) is 26.6 Å². The van der Waals surface area contributed by atoms with Crippen LogP contribution in [0.4, 0.5) is 0 Å². The van der Waals surface area contributed by atoms with Gasteiger partial charge in [0.2, 0.25) is 0 Å². The zero-order valence-electron chi connectivity index (χ0n) is 10.7. The van der Waals surface area contributed by atoms with Gasteiger partial charge < -0.3 is 5.11 Å². The maximum absolute atomic E-state index is 10.7. The second kappa shape index (κ2) is 4.36. The van der Waals surface area contributed by atoms with Crippen LogP contribution in [0.3, 0.4) is 0 Å². The van der Waals surface area contributed by atoms with Crippen LogP contribution in [0, 0.1) is 0 Å². The van der Waals surface area contributed by atoms with Crippen molar-refractivity contribution in [1.29, 1.82) is 0 Å². The van der Waals surface area contributed by atoms with E-state index >= 15 is 0 Å². The number of aromatic hydroxyl groups is 1. The van der Waals surface area contributed by atoms with Gasteiger partial charge in [-0.3, -0.25) is 0 Å². The Hall–Kier alpha value is -2.32. The van der Waals surface area contributed by atoms with Crippen LogP contribution < -0.4 is 0 Å². The smallest absolute Gasteiger partial charge is 0.132 e. The third-order valence-electron chi connectivity index (χ3n) is 3.66. The first-order valence-corrected chi connectivity index (χ1v) is 7.40. The summed E-state index contributed by atoms with van der Waals surface area (Å²) in [4.78, 5) is 0. The van der Waals surface area contributed by atoms with E-state index in [9.17, 15) is 5.11 Å². The summed E-state index contributed by atoms with van der Waals surface area (Å²) in [6.07, 6.45) is 0. The fourth-order valence-electron chi connectivity index (χ4n) is 2.75. The average Bonchev–Trinajstić information content (AvgIpc) is 2.98. The summed E-state index contributed by atoms with van der Waals surface area (Å²) in [6.45, 7) is 0. The van der Waals surface area contributed by atoms with Crippen LogP contribution in [0.25, 0.3) is 32.0 Å². The summed E-state index contributed by atoms with van der Waals surface area (Å²) in [7, 11) is 0. The lowest BCUT2D eigenvalue weighted by molar-refractivity contribution is 0.484. The van der Waals surface area contributed by atoms with Crippen LogP contribution in [0.15, 0.2) is 66.0 Å². The number of phenols is 1. The van der Waals surface area contributed by atoms with Gasteiger partial charge in [0.1, 0.15) is 5.75 Å². The van der Waals surface area contributed by atoms with E-state index in [2.05, 4.69) is 17.5 Å². The highest BCUT2D eigenvalue weighted by Gasteiger charge is 2.15. The van der Waals surface area contributed by atoms with Crippen molar-refractivity contribution in [3.05, 3.63) is 66.0 Å². The minimum atomic E-state index is 0.377. The molecule has 0 aliphatic rings. The third-order valence-corrected chi connectivity index (χ3v) is 4.60. The Bertz CT molecular complexity index is 907. The third kappa shape index (κ3) is 1.55. The lowest BCUT2D eigenvalue weighted by atomic mass is 9.97. The molecule has 0 aliphatic carbocycles. The first kappa shape index (κ1) is 11.5. The largest absolute Gasteiger partial charge is 0.507 e. The summed E-state index contributed by atoms with van der Waals surface area (Å²) in [5, 5.41) is 16.0. The lowest BCUT2D eigenvalue weighted by Crippen LogP contribution is -1.83. The molecular formula is C18H12OS. The van der Waals surface area contributed by atoms with Gasteiger partial charge in [-0.2, -0.15) is 0 Å². The number of phenolic OH excluding ortho intramolecular Hbond substituents is 1. The minimum Gasteiger partial charge on any atom is -0.507 e. The molecule has 0 aliphatic heterocycles. The van der Waals surface area contributed by atoms with E-state index in [-0.39, 0.29) is 0 Å². The molecule has 4 aromatic rings. The van der Waals surface area contributed by atoms with Gasteiger partial charge in [-0.1, -0.05) is 54.6 Å². The van der Waals surface area contributed by atoms with Crippen molar-refractivity contribution in [2.24, 2.45) is 0 Å². The Morgan fingerprint density at radius 2 is 1.40 bits per heavy atom. The van der Waals surface area contributed by atoms with Crippen LogP contribution >= 0.6 is 11.3 Å². The van der Waals surface area contributed by atoms with Crippen molar-refractivity contribution in [2.75, 3.05) is 0 Å². The molecule has 0 amide bonds. The normalized spacial score (nSPS) is 11.2. The monoisotopic (exact) mass is 276 g/mol. The van der Waals surface area contributed by atoms with Crippen LogP contribution in [0.1, 0.15) is 0 Å². The number of fused-ring (bicyclic) bond motifs is 3. The molecule has 20 heavy (non-hydrogen) atoms. The van der Waals surface area contributed by atoms with Crippen LogP contribution in [0.2, 0.25) is 0 Å². The van der Waals surface area contributed by atoms with E-state index in [1.165, 1.54) is 5.39 Å². The standard InChI is InChI=1S/C18H12OS/c19-17-14-9-5-4-8-13(14)15-10-11-20-18(15)16(17)12-6-2-1-3-7-12/h1-11,19H. The molecule has 96 valence electrons. The minimum absolute atomic E-state index is 0.377. The Morgan fingerprint density at radius 3 is 2.20 bits per heavy atom. The molecule has 0 atom stereocenters. The van der Waals surface area contributed by atoms with Gasteiger partial charge in [-0.15, -0.1) is 11.3 Å². The van der Waals surface area contributed by atoms with Crippen molar-refractivity contribution in [2.45, 2.75) is 0 Å². The molecular weight excluding hydrogens is 264 g/mol. The molecule has 0 bridgehead atoms. The molecule has 0 fully saturated rings. The van der Waals surface area contributed by atoms with E-state index in [4.69, 9.17) is 0 Å². The number of thiophene rings is 1. The highest BCUT2D eigenvalue weighted by molar-refractivity contribution is 7.18. The molecule has 2 heteroatoms. The molecule has 0 saturated heterocycles. The maximum atomic E-state index is 10.7. The number of hydrogen-bond donors (Lipinski definition) is 1. The molecule has 0 spiro atoms. The number of rotatable bonds is 1. The SMILES string of the molecule is Oc1c(-c2ccccc2)c2sccc2c2ccccc12. The zero-order valence-corrected chi connectivity index (χ0v) is 11.5. The van der Waals surface area contributed by atoms with Gasteiger partial charge in [0, 0.05) is 21.0 Å². The first-order valence-electron chi connectivity index (χ1n) is 6.52. The predicted molar refractivity (Wildman–Crippen MR) is 86.4 cm³/mol. The van der Waals surface area contributed by atoms with Gasteiger partial charge >= 0.3 is 0 Å². The Labute approximate surface area is 120 Å². The topological polar surface area (TPSA) is 20.2 Å². The Kier molecular flexibility index (Phi) is 2.51. The van der Waals surface area contributed by atoms with E-state index in [1.807, 2.05) is 48.5 Å². The molecule has 0 unspecified atom stereocenters. The van der Waals surface area contributed by atoms with Gasteiger partial charge in [-0.05, 0) is 22.4 Å². The Morgan fingerprint density at radius 1 is 0.700 bits per heavy atom. The van der Waals surface area contributed by atoms with E-state index < -0.39 is 0 Å². The van der Waals surface area contributed by atoms with Gasteiger partial charge in [0.15, 0.2) is 0 Å². The second-order valence-electron chi connectivity index (χ2n) is 4.80. The summed E-state index contributed by atoms with van der Waals surface area (Å²) in [6, 6.07) is 20.3. The zero-order chi connectivity index (χ0) is 13.5. The molecule has 4 rings (SSSR count). The quantitative estimate of drug-likeness (QED) is 0.491. The maximum Gasteiger partial charge on any atom is 0.132 e. The number of hydrogen-bond acceptors (Lipinski definition) is 2. The van der Waals surface area contributed by atoms with Crippen molar-refractivity contribution in [3.8, 4) is 16.9 Å². The van der Waals surface area contributed by atoms with E-state index in [1.54, 1.807) is 11.3 Å². The van der Waals surface area contributed by atoms with Crippen LogP contribution in [-0.4, -0.2) is 5.11 Å². The van der Waals surface area contributed by atoms with E-state index in [0.29, 0.717) is 5.75 Å². The molecule has 0 saturated carbocycles. The van der Waals surface area contributed by atoms with Crippen molar-refractivity contribution < 1.29 is 5.11 Å². The van der Waals surface area contributed by atoms with Crippen molar-refractivity contribution >= 4 is 32.2 Å². The first-order chi connectivity index (χ1) is 9.86. The molecule has 3 aromatic carbocycles. The fraction of sp³-hybridized carbons (Fsp3) is 0. The summed E-state index contributed by atoms with van der Waals surface area (Å²) in [5.41, 5.74) is 2.00. The second-order valence-corrected chi connectivity index (χ2v) is 5.71. The van der Waals surface area contributed by atoms with Gasteiger partial charge in [0.25, 0.3) is 0 Å². The van der Waals surface area contributed by atoms with Gasteiger partial charge in [0.05, 0.1) is 0 Å². The number of benzene rings is 3. The fourth-order valence-corrected chi connectivity index (χ4v) is 3.73. The molecule has 0 radical (unpaired) electrons. The van der Waals surface area contributed by atoms with Crippen molar-refractivity contribution in [1.82, 2.24) is 0 Å². The summed E-state index contributed by atoms with van der Waals surface area (Å²) < 4.78 is 1.15. The average molecular weight is 276 g/mol. The van der Waals surface area contributed by atoms with Crippen molar-refractivity contribution in [3.63, 3.8) is 0 Å².